The number of aliphatic hydroxyl groups is 1. The fourth-order valence-electron chi connectivity index (χ4n) is 4.10. The van der Waals surface area contributed by atoms with E-state index in [1.807, 2.05) is 18.2 Å². The molecule has 0 saturated carbocycles. The van der Waals surface area contributed by atoms with Crippen LogP contribution >= 0.6 is 0 Å². The van der Waals surface area contributed by atoms with E-state index in [0.29, 0.717) is 6.61 Å². The Hall–Kier alpha value is -4.67. The Kier molecular flexibility index (Phi) is 13.9. The number of nitrogens with zero attached hydrogens (tertiary/aromatic N) is 1. The number of aliphatic carboxylic acids is 3. The number of carboxylic acid groups (broad SMARTS) is 3. The summed E-state index contributed by atoms with van der Waals surface area (Å²) in [6.45, 7) is 8.10. The first-order chi connectivity index (χ1) is 20.5. The Bertz CT molecular complexity index is 1320. The van der Waals surface area contributed by atoms with E-state index in [2.05, 4.69) is 85.5 Å². The minimum atomic E-state index is -2.74. The summed E-state index contributed by atoms with van der Waals surface area (Å²) in [7, 11) is 1.69. The van der Waals surface area contributed by atoms with Crippen molar-refractivity contribution in [2.24, 2.45) is 0 Å². The van der Waals surface area contributed by atoms with Gasteiger partial charge in [-0.1, -0.05) is 68.4 Å². The van der Waals surface area contributed by atoms with Gasteiger partial charge in [0.15, 0.2) is 5.60 Å². The summed E-state index contributed by atoms with van der Waals surface area (Å²) in [5.74, 6) is -3.26. The average molecular weight is 594 g/mol. The second-order valence-electron chi connectivity index (χ2n) is 9.57. The first kappa shape index (κ1) is 34.5. The Morgan fingerprint density at radius 3 is 1.67 bits per heavy atom. The van der Waals surface area contributed by atoms with Crippen LogP contribution in [0.25, 0.3) is 11.6 Å². The second-order valence-corrected chi connectivity index (χ2v) is 9.57. The number of hydrogen-bond donors (Lipinski definition) is 4. The fraction of sp³-hybridized carbons (Fsp3) is 0.303. The largest absolute Gasteiger partial charge is 0.497 e. The van der Waals surface area contributed by atoms with Gasteiger partial charge < -0.3 is 34.8 Å². The third kappa shape index (κ3) is 11.6. The van der Waals surface area contributed by atoms with E-state index in [-0.39, 0.29) is 0 Å². The smallest absolute Gasteiger partial charge is 0.336 e. The van der Waals surface area contributed by atoms with Crippen molar-refractivity contribution >= 4 is 29.6 Å². The van der Waals surface area contributed by atoms with Crippen molar-refractivity contribution in [1.29, 1.82) is 0 Å². The molecule has 0 spiro atoms. The van der Waals surface area contributed by atoms with Crippen molar-refractivity contribution in [2.45, 2.75) is 32.3 Å². The molecule has 0 saturated heterocycles. The highest BCUT2D eigenvalue weighted by atomic mass is 16.5. The predicted molar refractivity (Wildman–Crippen MR) is 163 cm³/mol. The number of ether oxygens (including phenoxy) is 2. The third-order valence-electron chi connectivity index (χ3n) is 6.53. The third-order valence-corrected chi connectivity index (χ3v) is 6.53. The lowest BCUT2D eigenvalue weighted by molar-refractivity contribution is -0.170. The van der Waals surface area contributed by atoms with Crippen LogP contribution in [0.1, 0.15) is 43.4 Å². The van der Waals surface area contributed by atoms with Crippen molar-refractivity contribution in [3.8, 4) is 11.5 Å². The van der Waals surface area contributed by atoms with Gasteiger partial charge in [0.2, 0.25) is 0 Å². The topological polar surface area (TPSA) is 154 Å². The SMILES string of the molecule is CCN(CC)CCOc1ccc(/C(=C/c2ccccc2)c2ccc(OC)cc2)cc1.O=C(O)CC(O)(CC(=O)O)C(=O)O. The van der Waals surface area contributed by atoms with Gasteiger partial charge in [-0.3, -0.25) is 9.59 Å². The molecule has 230 valence electrons. The first-order valence-corrected chi connectivity index (χ1v) is 13.8. The Labute approximate surface area is 251 Å². The van der Waals surface area contributed by atoms with E-state index >= 15 is 0 Å². The predicted octanol–water partition coefficient (Wildman–Crippen LogP) is 4.76. The zero-order valence-electron chi connectivity index (χ0n) is 24.6. The summed E-state index contributed by atoms with van der Waals surface area (Å²) >= 11 is 0. The molecule has 0 radical (unpaired) electrons. The van der Waals surface area contributed by atoms with Crippen LogP contribution in [-0.2, 0) is 14.4 Å². The van der Waals surface area contributed by atoms with Crippen LogP contribution in [0.15, 0.2) is 78.9 Å². The number of rotatable bonds is 15. The summed E-state index contributed by atoms with van der Waals surface area (Å²) in [5.41, 5.74) is 1.90. The molecule has 0 aliphatic rings. The molecule has 10 nitrogen and oxygen atoms in total. The highest BCUT2D eigenvalue weighted by Crippen LogP contribution is 2.29. The molecule has 0 atom stereocenters. The van der Waals surface area contributed by atoms with Crippen LogP contribution in [0, 0.1) is 0 Å². The highest BCUT2D eigenvalue weighted by molar-refractivity contribution is 5.91. The van der Waals surface area contributed by atoms with Crippen molar-refractivity contribution in [1.82, 2.24) is 4.90 Å². The molecule has 0 heterocycles. The van der Waals surface area contributed by atoms with Crippen molar-refractivity contribution in [2.75, 3.05) is 33.4 Å². The van der Waals surface area contributed by atoms with E-state index in [4.69, 9.17) is 29.9 Å². The summed E-state index contributed by atoms with van der Waals surface area (Å²) < 4.78 is 11.3. The van der Waals surface area contributed by atoms with Crippen LogP contribution in [0.4, 0.5) is 0 Å². The normalized spacial score (nSPS) is 11.3. The number of likely N-dealkylation sites (N-methyl/N-ethyl adjacent to an activating group) is 1. The quantitative estimate of drug-likeness (QED) is 0.181. The van der Waals surface area contributed by atoms with E-state index in [9.17, 15) is 14.4 Å². The fourth-order valence-corrected chi connectivity index (χ4v) is 4.10. The van der Waals surface area contributed by atoms with Crippen LogP contribution in [0.3, 0.4) is 0 Å². The highest BCUT2D eigenvalue weighted by Gasteiger charge is 2.40. The molecule has 0 aliphatic heterocycles. The van der Waals surface area contributed by atoms with Gasteiger partial charge in [-0.05, 0) is 65.7 Å². The molecule has 0 unspecified atom stereocenters. The summed E-state index contributed by atoms with van der Waals surface area (Å²) in [5, 5.41) is 33.8. The maximum Gasteiger partial charge on any atom is 0.336 e. The first-order valence-electron chi connectivity index (χ1n) is 13.8. The van der Waals surface area contributed by atoms with Gasteiger partial charge in [0.25, 0.3) is 0 Å². The standard InChI is InChI=1S/C27H31NO2.C6H8O7/c1-4-28(5-2)19-20-30-26-17-13-24(14-18-26)27(21-22-9-7-6-8-10-22)23-11-15-25(29-3)16-12-23;7-3(8)1-6(13,5(11)12)2-4(9)10/h6-18,21H,4-5,19-20H2,1-3H3;13H,1-2H2,(H,7,8)(H,9,10)(H,11,12)/b27-21+;. The van der Waals surface area contributed by atoms with E-state index in [1.165, 1.54) is 11.1 Å². The molecule has 10 heteroatoms. The molecule has 0 bridgehead atoms. The molecule has 43 heavy (non-hydrogen) atoms. The zero-order valence-corrected chi connectivity index (χ0v) is 24.6. The van der Waals surface area contributed by atoms with Gasteiger partial charge >= 0.3 is 17.9 Å². The Balaban J connectivity index is 0.000000420. The lowest BCUT2D eigenvalue weighted by Crippen LogP contribution is -2.42. The second kappa shape index (κ2) is 17.3. The van der Waals surface area contributed by atoms with Crippen LogP contribution in [-0.4, -0.2) is 82.2 Å². The van der Waals surface area contributed by atoms with Crippen molar-refractivity contribution < 1.29 is 44.3 Å². The molecule has 3 aromatic rings. The van der Waals surface area contributed by atoms with Crippen molar-refractivity contribution in [3.05, 3.63) is 95.6 Å². The Morgan fingerprint density at radius 2 is 1.26 bits per heavy atom. The number of benzene rings is 3. The lowest BCUT2D eigenvalue weighted by Gasteiger charge is -2.18. The van der Waals surface area contributed by atoms with Gasteiger partial charge in [-0.25, -0.2) is 4.79 Å². The minimum Gasteiger partial charge on any atom is -0.497 e. The van der Waals surface area contributed by atoms with E-state index < -0.39 is 36.4 Å². The summed E-state index contributed by atoms with van der Waals surface area (Å²) in [4.78, 5) is 32.8. The van der Waals surface area contributed by atoms with Gasteiger partial charge in [0.05, 0.1) is 20.0 Å². The van der Waals surface area contributed by atoms with E-state index in [0.717, 1.165) is 42.3 Å². The maximum atomic E-state index is 10.3. The summed E-state index contributed by atoms with van der Waals surface area (Å²) in [6.07, 6.45) is -0.0681. The minimum absolute atomic E-state index is 0.701. The number of carbonyl (C=O) groups is 3. The Morgan fingerprint density at radius 1 is 0.767 bits per heavy atom. The molecule has 0 fully saturated rings. The van der Waals surface area contributed by atoms with Crippen molar-refractivity contribution in [3.63, 3.8) is 0 Å². The molecule has 0 aliphatic carbocycles. The zero-order chi connectivity index (χ0) is 31.8. The summed E-state index contributed by atoms with van der Waals surface area (Å²) in [6, 6.07) is 27.0. The van der Waals surface area contributed by atoms with Gasteiger partial charge in [0.1, 0.15) is 18.1 Å². The average Bonchev–Trinajstić information content (AvgIpc) is 2.98. The number of carboxylic acids is 3. The van der Waals surface area contributed by atoms with Crippen LogP contribution in [0.5, 0.6) is 11.5 Å². The number of methoxy groups -OCH3 is 1. The molecule has 3 aromatic carbocycles. The molecular weight excluding hydrogens is 554 g/mol. The molecule has 0 aromatic heterocycles. The van der Waals surface area contributed by atoms with Crippen LogP contribution < -0.4 is 9.47 Å². The van der Waals surface area contributed by atoms with E-state index in [1.54, 1.807) is 7.11 Å². The monoisotopic (exact) mass is 593 g/mol. The molecule has 4 N–H and O–H groups in total. The van der Waals surface area contributed by atoms with Crippen LogP contribution in [0.2, 0.25) is 0 Å². The molecule has 0 amide bonds. The number of hydrogen-bond acceptors (Lipinski definition) is 7. The van der Waals surface area contributed by atoms with Gasteiger partial charge in [-0.2, -0.15) is 0 Å². The van der Waals surface area contributed by atoms with Gasteiger partial charge in [0, 0.05) is 6.54 Å². The molecule has 3 rings (SSSR count). The molecular formula is C33H39NO9. The van der Waals surface area contributed by atoms with Gasteiger partial charge in [-0.15, -0.1) is 0 Å². The lowest BCUT2D eigenvalue weighted by atomic mass is 9.95. The maximum absolute atomic E-state index is 10.3.